The number of hydrogen-bond acceptors (Lipinski definition) is 3. The second kappa shape index (κ2) is 8.63. The van der Waals surface area contributed by atoms with Crippen LogP contribution in [0, 0.1) is 0 Å². The average molecular weight is 407 g/mol. The van der Waals surface area contributed by atoms with Crippen LogP contribution < -0.4 is 9.64 Å². The Morgan fingerprint density at radius 1 is 1.22 bits per heavy atom. The number of carbonyl (C=O) groups is 2. The van der Waals surface area contributed by atoms with Gasteiger partial charge in [-0.3, -0.25) is 9.59 Å². The van der Waals surface area contributed by atoms with Crippen LogP contribution in [0.3, 0.4) is 0 Å². The van der Waals surface area contributed by atoms with Crippen LogP contribution in [-0.4, -0.2) is 43.0 Å². The fraction of sp³-hybridized carbons (Fsp3) is 0.300. The van der Waals surface area contributed by atoms with E-state index in [0.29, 0.717) is 34.4 Å². The van der Waals surface area contributed by atoms with E-state index >= 15 is 0 Å². The van der Waals surface area contributed by atoms with Crippen molar-refractivity contribution in [2.45, 2.75) is 18.9 Å². The summed E-state index contributed by atoms with van der Waals surface area (Å²) in [5, 5.41) is 1.10. The van der Waals surface area contributed by atoms with Crippen LogP contribution in [0.25, 0.3) is 0 Å². The quantitative estimate of drug-likeness (QED) is 0.727. The van der Waals surface area contributed by atoms with Gasteiger partial charge in [0, 0.05) is 18.6 Å². The summed E-state index contributed by atoms with van der Waals surface area (Å²) < 4.78 is 5.56. The summed E-state index contributed by atoms with van der Waals surface area (Å²) in [5.74, 6) is 0.353. The molecule has 0 aliphatic carbocycles. The molecule has 1 aliphatic rings. The summed E-state index contributed by atoms with van der Waals surface area (Å²) >= 11 is 12.1. The Hall–Kier alpha value is -2.24. The van der Waals surface area contributed by atoms with E-state index in [4.69, 9.17) is 27.9 Å². The van der Waals surface area contributed by atoms with Gasteiger partial charge in [-0.1, -0.05) is 41.4 Å². The van der Waals surface area contributed by atoms with Crippen LogP contribution in [-0.2, 0) is 9.59 Å². The van der Waals surface area contributed by atoms with E-state index in [2.05, 4.69) is 0 Å². The highest BCUT2D eigenvalue weighted by Crippen LogP contribution is 2.30. The lowest BCUT2D eigenvalue weighted by Gasteiger charge is -2.24. The summed E-state index contributed by atoms with van der Waals surface area (Å²) in [6, 6.07) is 13.7. The van der Waals surface area contributed by atoms with Gasteiger partial charge in [0.15, 0.2) is 0 Å². The first-order chi connectivity index (χ1) is 13.0. The fourth-order valence-corrected chi connectivity index (χ4v) is 3.52. The molecule has 2 aromatic carbocycles. The van der Waals surface area contributed by atoms with E-state index in [9.17, 15) is 9.59 Å². The molecule has 1 aliphatic heterocycles. The van der Waals surface area contributed by atoms with Crippen molar-refractivity contribution >= 4 is 40.7 Å². The van der Waals surface area contributed by atoms with Gasteiger partial charge in [-0.2, -0.15) is 0 Å². The Bertz CT molecular complexity index is 843. The van der Waals surface area contributed by atoms with Gasteiger partial charge in [-0.05, 0) is 36.8 Å². The monoisotopic (exact) mass is 406 g/mol. The summed E-state index contributed by atoms with van der Waals surface area (Å²) in [6.07, 6.45) is 0.750. The maximum absolute atomic E-state index is 12.8. The minimum Gasteiger partial charge on any atom is -0.493 e. The van der Waals surface area contributed by atoms with E-state index in [0.717, 1.165) is 0 Å². The van der Waals surface area contributed by atoms with Crippen LogP contribution in [0.15, 0.2) is 48.5 Å². The molecule has 0 bridgehead atoms. The topological polar surface area (TPSA) is 49.9 Å². The van der Waals surface area contributed by atoms with Crippen molar-refractivity contribution in [2.75, 3.05) is 25.1 Å². The molecule has 0 radical (unpaired) electrons. The lowest BCUT2D eigenvalue weighted by atomic mass is 10.2. The second-order valence-corrected chi connectivity index (χ2v) is 7.15. The predicted molar refractivity (Wildman–Crippen MR) is 107 cm³/mol. The van der Waals surface area contributed by atoms with Gasteiger partial charge in [-0.25, -0.2) is 0 Å². The number of para-hydroxylation sites is 1. The number of likely N-dealkylation sites (N-methyl/N-ethyl adjacent to an activating group) is 1. The first-order valence-electron chi connectivity index (χ1n) is 8.67. The highest BCUT2D eigenvalue weighted by molar-refractivity contribution is 6.34. The SMILES string of the molecule is CN(C(=O)CCOc1cccc(Cl)c1)C1CCN(c2ccccc2Cl)C1=O. The Labute approximate surface area is 168 Å². The number of ether oxygens (including phenoxy) is 1. The first-order valence-corrected chi connectivity index (χ1v) is 9.43. The van der Waals surface area contributed by atoms with Gasteiger partial charge < -0.3 is 14.5 Å². The Morgan fingerprint density at radius 3 is 2.74 bits per heavy atom. The van der Waals surface area contributed by atoms with Gasteiger partial charge in [0.2, 0.25) is 11.8 Å². The van der Waals surface area contributed by atoms with Crippen LogP contribution in [0.4, 0.5) is 5.69 Å². The van der Waals surface area contributed by atoms with Crippen molar-refractivity contribution in [3.05, 3.63) is 58.6 Å². The molecule has 1 atom stereocenters. The van der Waals surface area contributed by atoms with E-state index in [1.165, 1.54) is 4.90 Å². The number of anilines is 1. The molecule has 0 spiro atoms. The molecule has 0 saturated carbocycles. The fourth-order valence-electron chi connectivity index (χ4n) is 3.10. The smallest absolute Gasteiger partial charge is 0.249 e. The lowest BCUT2D eigenvalue weighted by molar-refractivity contribution is -0.137. The molecule has 142 valence electrons. The first kappa shape index (κ1) is 19.5. The highest BCUT2D eigenvalue weighted by Gasteiger charge is 2.37. The van der Waals surface area contributed by atoms with E-state index < -0.39 is 6.04 Å². The maximum atomic E-state index is 12.8. The number of hydrogen-bond donors (Lipinski definition) is 0. The Kier molecular flexibility index (Phi) is 6.24. The molecular formula is C20H20Cl2N2O3. The molecule has 27 heavy (non-hydrogen) atoms. The molecule has 5 nitrogen and oxygen atoms in total. The molecule has 1 heterocycles. The zero-order valence-electron chi connectivity index (χ0n) is 14.9. The van der Waals surface area contributed by atoms with Gasteiger partial charge in [0.1, 0.15) is 11.8 Å². The van der Waals surface area contributed by atoms with Crippen LogP contribution in [0.1, 0.15) is 12.8 Å². The third kappa shape index (κ3) is 4.54. The molecule has 2 amide bonds. The number of rotatable bonds is 6. The summed E-state index contributed by atoms with van der Waals surface area (Å²) in [5.41, 5.74) is 0.678. The van der Waals surface area contributed by atoms with Crippen molar-refractivity contribution < 1.29 is 14.3 Å². The standard InChI is InChI=1S/C20H20Cl2N2O3/c1-23(19(25)10-12-27-15-6-4-5-14(21)13-15)18-9-11-24(20(18)26)17-8-3-2-7-16(17)22/h2-8,13,18H,9-12H2,1H3. The summed E-state index contributed by atoms with van der Waals surface area (Å²) in [7, 11) is 1.65. The lowest BCUT2D eigenvalue weighted by Crippen LogP contribution is -2.43. The van der Waals surface area contributed by atoms with Crippen molar-refractivity contribution in [2.24, 2.45) is 0 Å². The molecule has 3 rings (SSSR count). The van der Waals surface area contributed by atoms with Crippen LogP contribution in [0.5, 0.6) is 5.75 Å². The molecular weight excluding hydrogens is 387 g/mol. The van der Waals surface area contributed by atoms with Crippen molar-refractivity contribution in [1.29, 1.82) is 0 Å². The molecule has 0 N–H and O–H groups in total. The molecule has 7 heteroatoms. The normalized spacial score (nSPS) is 16.5. The molecule has 1 fully saturated rings. The molecule has 2 aromatic rings. The van der Waals surface area contributed by atoms with Crippen LogP contribution in [0.2, 0.25) is 10.0 Å². The van der Waals surface area contributed by atoms with Crippen LogP contribution >= 0.6 is 23.2 Å². The zero-order valence-corrected chi connectivity index (χ0v) is 16.4. The van der Waals surface area contributed by atoms with E-state index in [1.807, 2.05) is 18.2 Å². The van der Waals surface area contributed by atoms with Gasteiger partial charge >= 0.3 is 0 Å². The molecule has 1 unspecified atom stereocenters. The molecule has 0 aromatic heterocycles. The largest absolute Gasteiger partial charge is 0.493 e. The minimum absolute atomic E-state index is 0.116. The zero-order chi connectivity index (χ0) is 19.4. The number of nitrogens with zero attached hydrogens (tertiary/aromatic N) is 2. The van der Waals surface area contributed by atoms with E-state index in [1.54, 1.807) is 42.3 Å². The summed E-state index contributed by atoms with van der Waals surface area (Å²) in [6.45, 7) is 0.753. The number of benzene rings is 2. The minimum atomic E-state index is -0.486. The van der Waals surface area contributed by atoms with Gasteiger partial charge in [0.05, 0.1) is 23.7 Å². The highest BCUT2D eigenvalue weighted by atomic mass is 35.5. The van der Waals surface area contributed by atoms with Gasteiger partial charge in [-0.15, -0.1) is 0 Å². The second-order valence-electron chi connectivity index (χ2n) is 6.31. The number of carbonyl (C=O) groups excluding carboxylic acids is 2. The third-order valence-corrected chi connectivity index (χ3v) is 5.12. The maximum Gasteiger partial charge on any atom is 0.249 e. The van der Waals surface area contributed by atoms with Crippen molar-refractivity contribution in [1.82, 2.24) is 4.90 Å². The average Bonchev–Trinajstić information content (AvgIpc) is 3.02. The number of halogens is 2. The Balaban J connectivity index is 1.56. The molecule has 1 saturated heterocycles. The van der Waals surface area contributed by atoms with Crippen molar-refractivity contribution in [3.63, 3.8) is 0 Å². The predicted octanol–water partition coefficient (Wildman–Crippen LogP) is 4.03. The van der Waals surface area contributed by atoms with E-state index in [-0.39, 0.29) is 24.8 Å². The third-order valence-electron chi connectivity index (χ3n) is 4.56. The Morgan fingerprint density at radius 2 is 2.00 bits per heavy atom. The van der Waals surface area contributed by atoms with Gasteiger partial charge in [0.25, 0.3) is 0 Å². The van der Waals surface area contributed by atoms with Crippen molar-refractivity contribution in [3.8, 4) is 5.75 Å². The number of amides is 2. The summed E-state index contributed by atoms with van der Waals surface area (Å²) in [4.78, 5) is 28.4.